The minimum Gasteiger partial charge on any atom is -0.349 e. The molecule has 2 heteroatoms. The second-order valence-electron chi connectivity index (χ2n) is 4.82. The molecule has 1 aromatic rings. The number of aryl methyl sites for hydroxylation is 2. The molecular weight excluding hydrogens is 198 g/mol. The highest BCUT2D eigenvalue weighted by atomic mass is 16.1. The molecule has 88 valence electrons. The van der Waals surface area contributed by atoms with Gasteiger partial charge in [-0.2, -0.15) is 0 Å². The van der Waals surface area contributed by atoms with Crippen LogP contribution in [0.3, 0.4) is 0 Å². The molecule has 16 heavy (non-hydrogen) atoms. The van der Waals surface area contributed by atoms with Crippen molar-refractivity contribution in [1.82, 2.24) is 5.32 Å². The number of hydrogen-bond acceptors (Lipinski definition) is 1. The largest absolute Gasteiger partial charge is 0.349 e. The first-order chi connectivity index (χ1) is 7.41. The van der Waals surface area contributed by atoms with Crippen molar-refractivity contribution in [3.05, 3.63) is 34.9 Å². The molecule has 0 bridgehead atoms. The summed E-state index contributed by atoms with van der Waals surface area (Å²) in [5.74, 6) is 0.480. The first-order valence-electron chi connectivity index (χ1n) is 5.80. The van der Waals surface area contributed by atoms with Crippen LogP contribution in [0.4, 0.5) is 0 Å². The van der Waals surface area contributed by atoms with Gasteiger partial charge in [-0.25, -0.2) is 0 Å². The van der Waals surface area contributed by atoms with Crippen LogP contribution in [-0.4, -0.2) is 11.9 Å². The molecule has 0 radical (unpaired) electrons. The maximum atomic E-state index is 12.0. The molecular formula is C14H21NO. The van der Waals surface area contributed by atoms with Crippen LogP contribution < -0.4 is 5.32 Å². The molecule has 0 heterocycles. The highest BCUT2D eigenvalue weighted by Crippen LogP contribution is 2.11. The van der Waals surface area contributed by atoms with E-state index < -0.39 is 0 Å². The van der Waals surface area contributed by atoms with Crippen molar-refractivity contribution in [2.24, 2.45) is 5.92 Å². The Morgan fingerprint density at radius 2 is 1.81 bits per heavy atom. The summed E-state index contributed by atoms with van der Waals surface area (Å²) in [5, 5.41) is 3.02. The maximum Gasteiger partial charge on any atom is 0.251 e. The molecule has 0 aliphatic carbocycles. The minimum absolute atomic E-state index is 0.0266. The normalized spacial score (nSPS) is 12.6. The van der Waals surface area contributed by atoms with Crippen molar-refractivity contribution in [3.63, 3.8) is 0 Å². The van der Waals surface area contributed by atoms with Gasteiger partial charge in [0, 0.05) is 11.6 Å². The quantitative estimate of drug-likeness (QED) is 0.831. The number of amides is 1. The van der Waals surface area contributed by atoms with E-state index in [0.717, 1.165) is 11.1 Å². The van der Waals surface area contributed by atoms with Crippen LogP contribution in [0.2, 0.25) is 0 Å². The topological polar surface area (TPSA) is 29.1 Å². The van der Waals surface area contributed by atoms with E-state index in [1.54, 1.807) is 0 Å². The second kappa shape index (κ2) is 5.15. The maximum absolute atomic E-state index is 12.0. The molecule has 0 fully saturated rings. The van der Waals surface area contributed by atoms with Crippen LogP contribution in [-0.2, 0) is 0 Å². The Bertz CT molecular complexity index is 382. The predicted molar refractivity (Wildman–Crippen MR) is 67.7 cm³/mol. The van der Waals surface area contributed by atoms with Gasteiger partial charge in [0.15, 0.2) is 0 Å². The van der Waals surface area contributed by atoms with Gasteiger partial charge in [-0.15, -0.1) is 0 Å². The van der Waals surface area contributed by atoms with E-state index in [1.807, 2.05) is 39.0 Å². The smallest absolute Gasteiger partial charge is 0.251 e. The lowest BCUT2D eigenvalue weighted by Gasteiger charge is -2.18. The van der Waals surface area contributed by atoms with E-state index in [9.17, 15) is 4.79 Å². The van der Waals surface area contributed by atoms with Gasteiger partial charge in [-0.3, -0.25) is 4.79 Å². The highest BCUT2D eigenvalue weighted by Gasteiger charge is 2.13. The number of nitrogens with one attached hydrogen (secondary N) is 1. The van der Waals surface area contributed by atoms with Gasteiger partial charge in [-0.1, -0.05) is 31.5 Å². The standard InChI is InChI=1S/C14H21NO/c1-9(2)12(5)15-14(16)13-7-6-10(3)8-11(13)4/h6-9,12H,1-5H3,(H,15,16)/t12-/m1/s1. The zero-order valence-electron chi connectivity index (χ0n) is 10.8. The Morgan fingerprint density at radius 3 is 2.31 bits per heavy atom. The zero-order chi connectivity index (χ0) is 12.3. The third-order valence-electron chi connectivity index (χ3n) is 2.99. The van der Waals surface area contributed by atoms with Gasteiger partial charge >= 0.3 is 0 Å². The zero-order valence-corrected chi connectivity index (χ0v) is 10.8. The first-order valence-corrected chi connectivity index (χ1v) is 5.80. The van der Waals surface area contributed by atoms with E-state index >= 15 is 0 Å². The average Bonchev–Trinajstić information content (AvgIpc) is 2.16. The van der Waals surface area contributed by atoms with Crippen LogP contribution >= 0.6 is 0 Å². The predicted octanol–water partition coefficient (Wildman–Crippen LogP) is 3.08. The summed E-state index contributed by atoms with van der Waals surface area (Å²) in [6.07, 6.45) is 0. The van der Waals surface area contributed by atoms with Crippen molar-refractivity contribution >= 4 is 5.91 Å². The summed E-state index contributed by atoms with van der Waals surface area (Å²) < 4.78 is 0. The lowest BCUT2D eigenvalue weighted by Crippen LogP contribution is -2.36. The van der Waals surface area contributed by atoms with E-state index in [1.165, 1.54) is 5.56 Å². The van der Waals surface area contributed by atoms with Gasteiger partial charge in [0.05, 0.1) is 0 Å². The number of carbonyl (C=O) groups excluding carboxylic acids is 1. The van der Waals surface area contributed by atoms with Crippen LogP contribution in [0, 0.1) is 19.8 Å². The molecule has 0 aliphatic rings. The first kappa shape index (κ1) is 12.8. The van der Waals surface area contributed by atoms with Gasteiger partial charge < -0.3 is 5.32 Å². The molecule has 0 unspecified atom stereocenters. The Labute approximate surface area is 98.1 Å². The fraction of sp³-hybridized carbons (Fsp3) is 0.500. The molecule has 1 amide bonds. The number of rotatable bonds is 3. The minimum atomic E-state index is 0.0266. The van der Waals surface area contributed by atoms with Crippen LogP contribution in [0.5, 0.6) is 0 Å². The molecule has 0 saturated carbocycles. The summed E-state index contributed by atoms with van der Waals surface area (Å²) >= 11 is 0. The third-order valence-corrected chi connectivity index (χ3v) is 2.99. The Morgan fingerprint density at radius 1 is 1.19 bits per heavy atom. The highest BCUT2D eigenvalue weighted by molar-refractivity contribution is 5.95. The van der Waals surface area contributed by atoms with E-state index in [-0.39, 0.29) is 11.9 Å². The van der Waals surface area contributed by atoms with E-state index in [2.05, 4.69) is 19.2 Å². The number of hydrogen-bond donors (Lipinski definition) is 1. The lowest BCUT2D eigenvalue weighted by atomic mass is 10.0. The Hall–Kier alpha value is -1.31. The number of benzene rings is 1. The van der Waals surface area contributed by atoms with Crippen LogP contribution in [0.25, 0.3) is 0 Å². The van der Waals surface area contributed by atoms with Gasteiger partial charge in [0.2, 0.25) is 0 Å². The second-order valence-corrected chi connectivity index (χ2v) is 4.82. The molecule has 1 aromatic carbocycles. The summed E-state index contributed by atoms with van der Waals surface area (Å²) in [5.41, 5.74) is 3.00. The van der Waals surface area contributed by atoms with Gasteiger partial charge in [0.1, 0.15) is 0 Å². The molecule has 0 aliphatic heterocycles. The van der Waals surface area contributed by atoms with Gasteiger partial charge in [-0.05, 0) is 38.3 Å². The average molecular weight is 219 g/mol. The van der Waals surface area contributed by atoms with E-state index in [0.29, 0.717) is 5.92 Å². The Balaban J connectivity index is 2.81. The third kappa shape index (κ3) is 3.09. The number of carbonyl (C=O) groups is 1. The van der Waals surface area contributed by atoms with Crippen molar-refractivity contribution in [1.29, 1.82) is 0 Å². The Kier molecular flexibility index (Phi) is 4.11. The summed E-state index contributed by atoms with van der Waals surface area (Å²) in [6, 6.07) is 6.11. The summed E-state index contributed by atoms with van der Waals surface area (Å²) in [6.45, 7) is 10.2. The summed E-state index contributed by atoms with van der Waals surface area (Å²) in [4.78, 5) is 12.0. The molecule has 0 spiro atoms. The van der Waals surface area contributed by atoms with Crippen LogP contribution in [0.1, 0.15) is 42.3 Å². The fourth-order valence-electron chi connectivity index (χ4n) is 1.52. The molecule has 2 nitrogen and oxygen atoms in total. The monoisotopic (exact) mass is 219 g/mol. The fourth-order valence-corrected chi connectivity index (χ4v) is 1.52. The van der Waals surface area contributed by atoms with Crippen molar-refractivity contribution in [3.8, 4) is 0 Å². The van der Waals surface area contributed by atoms with Gasteiger partial charge in [0.25, 0.3) is 5.91 Å². The lowest BCUT2D eigenvalue weighted by molar-refractivity contribution is 0.0930. The van der Waals surface area contributed by atoms with Crippen LogP contribution in [0.15, 0.2) is 18.2 Å². The molecule has 1 atom stereocenters. The SMILES string of the molecule is Cc1ccc(C(=O)N[C@H](C)C(C)C)c(C)c1. The van der Waals surface area contributed by atoms with Crippen molar-refractivity contribution in [2.45, 2.75) is 40.7 Å². The molecule has 0 aromatic heterocycles. The molecule has 1 N–H and O–H groups in total. The van der Waals surface area contributed by atoms with Crippen molar-refractivity contribution < 1.29 is 4.79 Å². The van der Waals surface area contributed by atoms with E-state index in [4.69, 9.17) is 0 Å². The molecule has 1 rings (SSSR count). The molecule has 0 saturated heterocycles. The summed E-state index contributed by atoms with van der Waals surface area (Å²) in [7, 11) is 0. The van der Waals surface area contributed by atoms with Crippen molar-refractivity contribution in [2.75, 3.05) is 0 Å².